The number of carboxylic acids is 1. The number of carbonyl (C=O) groups excluding carboxylic acids is 2. The van der Waals surface area contributed by atoms with Crippen molar-refractivity contribution in [2.45, 2.75) is 33.3 Å². The molecule has 2 aromatic rings. The van der Waals surface area contributed by atoms with Crippen molar-refractivity contribution >= 4 is 34.3 Å². The van der Waals surface area contributed by atoms with Crippen LogP contribution in [0.1, 0.15) is 30.8 Å². The molecule has 1 saturated heterocycles. The van der Waals surface area contributed by atoms with E-state index >= 15 is 0 Å². The molecule has 1 aliphatic rings. The molecule has 0 aliphatic carbocycles. The van der Waals surface area contributed by atoms with Crippen LogP contribution in [0.25, 0.3) is 0 Å². The Morgan fingerprint density at radius 3 is 2.70 bits per heavy atom. The molecule has 11 heteroatoms. The van der Waals surface area contributed by atoms with Crippen LogP contribution in [0.2, 0.25) is 0 Å². The average Bonchev–Trinajstić information content (AvgIpc) is 3.33. The Kier molecular flexibility index (Phi) is 9.29. The lowest BCUT2D eigenvalue weighted by molar-refractivity contribution is -0.134. The van der Waals surface area contributed by atoms with Crippen LogP contribution in [0, 0.1) is 5.92 Å². The highest BCUT2D eigenvalue weighted by Crippen LogP contribution is 2.28. The van der Waals surface area contributed by atoms with Gasteiger partial charge in [0, 0.05) is 45.4 Å². The van der Waals surface area contributed by atoms with Gasteiger partial charge in [-0.3, -0.25) is 24.3 Å². The van der Waals surface area contributed by atoms with E-state index in [1.807, 2.05) is 19.1 Å². The van der Waals surface area contributed by atoms with Crippen LogP contribution in [0.3, 0.4) is 0 Å². The summed E-state index contributed by atoms with van der Waals surface area (Å²) in [6, 6.07) is 3.84. The largest absolute Gasteiger partial charge is 0.481 e. The zero-order chi connectivity index (χ0) is 21.9. The molecule has 162 valence electrons. The molecule has 0 spiro atoms. The Labute approximate surface area is 178 Å². The fourth-order valence-electron chi connectivity index (χ4n) is 2.69. The number of hydrogen-bond acceptors (Lipinski definition) is 8. The highest BCUT2D eigenvalue weighted by Gasteiger charge is 2.36. The number of nitrogens with one attached hydrogen (secondary N) is 1. The molecular formula is C19H25N5O5S. The first-order valence-electron chi connectivity index (χ1n) is 9.47. The Balaban J connectivity index is 0.000000735. The molecule has 2 aromatic heterocycles. The number of carbonyl (C=O) groups is 3. The minimum absolute atomic E-state index is 0.0987. The minimum atomic E-state index is -0.833. The summed E-state index contributed by atoms with van der Waals surface area (Å²) < 4.78 is 5.30. The van der Waals surface area contributed by atoms with Crippen molar-refractivity contribution in [3.63, 3.8) is 0 Å². The van der Waals surface area contributed by atoms with Crippen molar-refractivity contribution in [3.05, 3.63) is 35.1 Å². The SMILES string of the molecule is CC(=O)O.CCOCc1nnc(N2CC(C(=O)NCCc3ccncc3)CC2=O)s1. The molecule has 0 saturated carbocycles. The highest BCUT2D eigenvalue weighted by molar-refractivity contribution is 7.15. The first kappa shape index (κ1) is 23.4. The average molecular weight is 436 g/mol. The van der Waals surface area contributed by atoms with Gasteiger partial charge in [0.15, 0.2) is 0 Å². The third-order valence-corrected chi connectivity index (χ3v) is 4.99. The van der Waals surface area contributed by atoms with Crippen LogP contribution in [-0.4, -0.2) is 57.8 Å². The second kappa shape index (κ2) is 11.9. The van der Waals surface area contributed by atoms with E-state index in [9.17, 15) is 9.59 Å². The number of aromatic nitrogens is 3. The van der Waals surface area contributed by atoms with Crippen molar-refractivity contribution in [2.24, 2.45) is 5.92 Å². The Morgan fingerprint density at radius 1 is 1.33 bits per heavy atom. The van der Waals surface area contributed by atoms with Gasteiger partial charge in [-0.1, -0.05) is 11.3 Å². The fraction of sp³-hybridized carbons (Fsp3) is 0.474. The number of carboxylic acid groups (broad SMARTS) is 1. The standard InChI is InChI=1S/C17H21N5O3S.C2H4O2/c1-2-25-11-14-20-21-17(26-14)22-10-13(9-15(22)23)16(24)19-8-5-12-3-6-18-7-4-12;1-2(3)4/h3-4,6-7,13H,2,5,8-11H2,1H3,(H,19,24);1H3,(H,3,4). The highest BCUT2D eigenvalue weighted by atomic mass is 32.1. The quantitative estimate of drug-likeness (QED) is 0.633. The molecule has 1 unspecified atom stereocenters. The number of ether oxygens (including phenoxy) is 1. The van der Waals surface area contributed by atoms with Crippen LogP contribution in [0.5, 0.6) is 0 Å². The zero-order valence-corrected chi connectivity index (χ0v) is 17.7. The number of rotatable bonds is 8. The molecule has 0 radical (unpaired) electrons. The third kappa shape index (κ3) is 7.48. The molecule has 3 rings (SSSR count). The summed E-state index contributed by atoms with van der Waals surface area (Å²) in [5, 5.41) is 19.7. The van der Waals surface area contributed by atoms with Gasteiger partial charge in [0.2, 0.25) is 16.9 Å². The van der Waals surface area contributed by atoms with Gasteiger partial charge in [-0.25, -0.2) is 0 Å². The van der Waals surface area contributed by atoms with Gasteiger partial charge < -0.3 is 15.2 Å². The van der Waals surface area contributed by atoms with Crippen molar-refractivity contribution in [1.29, 1.82) is 0 Å². The lowest BCUT2D eigenvalue weighted by Gasteiger charge is -2.12. The van der Waals surface area contributed by atoms with Gasteiger partial charge in [-0.05, 0) is 31.0 Å². The Bertz CT molecular complexity index is 841. The zero-order valence-electron chi connectivity index (χ0n) is 16.9. The van der Waals surface area contributed by atoms with E-state index in [4.69, 9.17) is 14.6 Å². The van der Waals surface area contributed by atoms with E-state index in [1.165, 1.54) is 11.3 Å². The van der Waals surface area contributed by atoms with E-state index in [-0.39, 0.29) is 24.2 Å². The van der Waals surface area contributed by atoms with Gasteiger partial charge in [-0.2, -0.15) is 0 Å². The van der Waals surface area contributed by atoms with Gasteiger partial charge in [0.05, 0.1) is 5.92 Å². The predicted octanol–water partition coefficient (Wildman–Crippen LogP) is 1.27. The van der Waals surface area contributed by atoms with Crippen molar-refractivity contribution < 1.29 is 24.2 Å². The summed E-state index contributed by atoms with van der Waals surface area (Å²) in [7, 11) is 0. The second-order valence-corrected chi connectivity index (χ2v) is 7.48. The van der Waals surface area contributed by atoms with Crippen LogP contribution in [0.15, 0.2) is 24.5 Å². The van der Waals surface area contributed by atoms with Crippen molar-refractivity contribution in [1.82, 2.24) is 20.5 Å². The summed E-state index contributed by atoms with van der Waals surface area (Å²) in [6.45, 7) is 4.84. The van der Waals surface area contributed by atoms with Crippen molar-refractivity contribution in [3.8, 4) is 0 Å². The monoisotopic (exact) mass is 435 g/mol. The number of anilines is 1. The minimum Gasteiger partial charge on any atom is -0.481 e. The summed E-state index contributed by atoms with van der Waals surface area (Å²) in [5.41, 5.74) is 1.11. The van der Waals surface area contributed by atoms with Crippen molar-refractivity contribution in [2.75, 3.05) is 24.6 Å². The number of nitrogens with zero attached hydrogens (tertiary/aromatic N) is 4. The molecule has 30 heavy (non-hydrogen) atoms. The summed E-state index contributed by atoms with van der Waals surface area (Å²) >= 11 is 1.32. The molecule has 1 atom stereocenters. The van der Waals surface area contributed by atoms with Crippen LogP contribution >= 0.6 is 11.3 Å². The molecule has 0 bridgehead atoms. The molecule has 1 aliphatic heterocycles. The van der Waals surface area contributed by atoms with Crippen LogP contribution in [0.4, 0.5) is 5.13 Å². The Morgan fingerprint density at radius 2 is 2.03 bits per heavy atom. The lowest BCUT2D eigenvalue weighted by Crippen LogP contribution is -2.34. The summed E-state index contributed by atoms with van der Waals surface area (Å²) in [5.74, 6) is -1.40. The predicted molar refractivity (Wildman–Crippen MR) is 110 cm³/mol. The molecule has 2 N–H and O–H groups in total. The molecule has 3 heterocycles. The maximum atomic E-state index is 12.3. The molecule has 2 amide bonds. The van der Waals surface area contributed by atoms with E-state index < -0.39 is 5.97 Å². The van der Waals surface area contributed by atoms with E-state index in [1.54, 1.807) is 17.3 Å². The molecule has 0 aromatic carbocycles. The van der Waals surface area contributed by atoms with E-state index in [0.717, 1.165) is 23.9 Å². The molecule has 1 fully saturated rings. The maximum absolute atomic E-state index is 12.3. The topological polar surface area (TPSA) is 135 Å². The van der Waals surface area contributed by atoms with Gasteiger partial charge in [0.25, 0.3) is 5.97 Å². The summed E-state index contributed by atoms with van der Waals surface area (Å²) in [6.07, 6.45) is 4.39. The normalized spacial score (nSPS) is 15.5. The lowest BCUT2D eigenvalue weighted by atomic mass is 10.1. The first-order valence-corrected chi connectivity index (χ1v) is 10.3. The molecular weight excluding hydrogens is 410 g/mol. The van der Waals surface area contributed by atoms with Crippen LogP contribution in [-0.2, 0) is 32.1 Å². The van der Waals surface area contributed by atoms with Crippen LogP contribution < -0.4 is 10.2 Å². The third-order valence-electron chi connectivity index (χ3n) is 4.07. The molecule has 10 nitrogen and oxygen atoms in total. The number of amides is 2. The van der Waals surface area contributed by atoms with Gasteiger partial charge in [-0.15, -0.1) is 10.2 Å². The maximum Gasteiger partial charge on any atom is 0.300 e. The number of pyridine rings is 1. The van der Waals surface area contributed by atoms with Gasteiger partial charge in [0.1, 0.15) is 11.6 Å². The second-order valence-electron chi connectivity index (χ2n) is 6.44. The van der Waals surface area contributed by atoms with E-state index in [0.29, 0.717) is 31.4 Å². The Hall–Kier alpha value is -2.92. The fourth-order valence-corrected chi connectivity index (χ4v) is 3.50. The smallest absolute Gasteiger partial charge is 0.300 e. The first-order chi connectivity index (χ1) is 14.4. The number of aliphatic carboxylic acids is 1. The van der Waals surface area contributed by atoms with E-state index in [2.05, 4.69) is 20.5 Å². The van der Waals surface area contributed by atoms with Gasteiger partial charge >= 0.3 is 0 Å². The number of hydrogen-bond donors (Lipinski definition) is 2. The summed E-state index contributed by atoms with van der Waals surface area (Å²) in [4.78, 5) is 39.1.